The highest BCUT2D eigenvalue weighted by atomic mass is 32.2. The van der Waals surface area contributed by atoms with E-state index in [2.05, 4.69) is 16.4 Å². The number of methoxy groups -OCH3 is 1. The first-order chi connectivity index (χ1) is 15.5. The predicted molar refractivity (Wildman–Crippen MR) is 132 cm³/mol. The number of H-pyrrole nitrogens is 1. The number of hydrogen-bond acceptors (Lipinski definition) is 5. The smallest absolute Gasteiger partial charge is 0.266 e. The van der Waals surface area contributed by atoms with Gasteiger partial charge in [0.05, 0.1) is 12.0 Å². The average Bonchev–Trinajstić information content (AvgIpc) is 3.33. The Bertz CT molecular complexity index is 1220. The Balaban J connectivity index is 1.40. The number of rotatable bonds is 7. The van der Waals surface area contributed by atoms with Gasteiger partial charge in [-0.25, -0.2) is 0 Å². The number of nitrogens with one attached hydrogen (secondary N) is 2. The molecule has 1 aromatic heterocycles. The van der Waals surface area contributed by atoms with E-state index < -0.39 is 6.04 Å². The van der Waals surface area contributed by atoms with E-state index in [1.165, 1.54) is 16.7 Å². The molecule has 4 rings (SSSR count). The molecular weight excluding hydrogens is 442 g/mol. The maximum Gasteiger partial charge on any atom is 0.266 e. The SMILES string of the molecule is COc1ccccc1/C=C1\SC(=S)N([C@H](C)C(=O)NCCc2c[nH]c3ccccc23)C1=O. The molecule has 0 unspecified atom stereocenters. The first kappa shape index (κ1) is 22.1. The lowest BCUT2D eigenvalue weighted by atomic mass is 10.1. The van der Waals surface area contributed by atoms with Crippen molar-refractivity contribution in [3.63, 3.8) is 0 Å². The Morgan fingerprint density at radius 3 is 2.81 bits per heavy atom. The van der Waals surface area contributed by atoms with Crippen LogP contribution in [-0.4, -0.2) is 45.7 Å². The monoisotopic (exact) mass is 465 g/mol. The van der Waals surface area contributed by atoms with Gasteiger partial charge in [-0.2, -0.15) is 0 Å². The number of carbonyl (C=O) groups is 2. The summed E-state index contributed by atoms with van der Waals surface area (Å²) in [5, 5.41) is 4.08. The molecule has 0 aliphatic carbocycles. The molecule has 0 saturated carbocycles. The van der Waals surface area contributed by atoms with Gasteiger partial charge in [0.25, 0.3) is 5.91 Å². The first-order valence-corrected chi connectivity index (χ1v) is 11.4. The lowest BCUT2D eigenvalue weighted by Crippen LogP contribution is -2.47. The van der Waals surface area contributed by atoms with Crippen molar-refractivity contribution in [2.75, 3.05) is 13.7 Å². The van der Waals surface area contributed by atoms with Crippen LogP contribution in [0.25, 0.3) is 17.0 Å². The van der Waals surface area contributed by atoms with Crippen LogP contribution in [0.15, 0.2) is 59.6 Å². The molecule has 2 amide bonds. The van der Waals surface area contributed by atoms with Gasteiger partial charge in [-0.05, 0) is 37.1 Å². The molecule has 164 valence electrons. The molecule has 1 aliphatic heterocycles. The van der Waals surface area contributed by atoms with Crippen molar-refractivity contribution in [1.82, 2.24) is 15.2 Å². The number of aromatic amines is 1. The summed E-state index contributed by atoms with van der Waals surface area (Å²) in [6, 6.07) is 14.8. The molecule has 1 saturated heterocycles. The molecule has 2 aromatic carbocycles. The van der Waals surface area contributed by atoms with Crippen molar-refractivity contribution in [3.05, 3.63) is 70.8 Å². The van der Waals surface area contributed by atoms with Crippen molar-refractivity contribution >= 4 is 57.1 Å². The van der Waals surface area contributed by atoms with Gasteiger partial charge in [0.15, 0.2) is 0 Å². The zero-order chi connectivity index (χ0) is 22.7. The number of thioether (sulfide) groups is 1. The fourth-order valence-electron chi connectivity index (χ4n) is 3.66. The van der Waals surface area contributed by atoms with Gasteiger partial charge in [0, 0.05) is 29.2 Å². The average molecular weight is 466 g/mol. The quantitative estimate of drug-likeness (QED) is 0.406. The van der Waals surface area contributed by atoms with Crippen LogP contribution in [0.1, 0.15) is 18.1 Å². The van der Waals surface area contributed by atoms with Crippen LogP contribution in [0.2, 0.25) is 0 Å². The van der Waals surface area contributed by atoms with Crippen LogP contribution in [0.3, 0.4) is 0 Å². The highest BCUT2D eigenvalue weighted by Gasteiger charge is 2.38. The van der Waals surface area contributed by atoms with Crippen LogP contribution in [0.5, 0.6) is 5.75 Å². The zero-order valence-electron chi connectivity index (χ0n) is 17.8. The van der Waals surface area contributed by atoms with Gasteiger partial charge < -0.3 is 15.0 Å². The third-order valence-electron chi connectivity index (χ3n) is 5.38. The molecule has 0 spiro atoms. The number of thiocarbonyl (C=S) groups is 1. The number of para-hydroxylation sites is 2. The number of nitrogens with zero attached hydrogens (tertiary/aromatic N) is 1. The van der Waals surface area contributed by atoms with Crippen LogP contribution >= 0.6 is 24.0 Å². The van der Waals surface area contributed by atoms with Crippen molar-refractivity contribution in [2.24, 2.45) is 0 Å². The Morgan fingerprint density at radius 2 is 2.00 bits per heavy atom. The molecule has 2 heterocycles. The molecule has 8 heteroatoms. The maximum absolute atomic E-state index is 13.0. The van der Waals surface area contributed by atoms with Crippen molar-refractivity contribution in [2.45, 2.75) is 19.4 Å². The second-order valence-electron chi connectivity index (χ2n) is 7.37. The molecule has 6 nitrogen and oxygen atoms in total. The minimum absolute atomic E-state index is 0.236. The topological polar surface area (TPSA) is 74.4 Å². The number of hydrogen-bond donors (Lipinski definition) is 2. The molecule has 1 fully saturated rings. The van der Waals surface area contributed by atoms with E-state index in [1.54, 1.807) is 20.1 Å². The summed E-state index contributed by atoms with van der Waals surface area (Å²) in [6.45, 7) is 2.16. The Labute approximate surface area is 196 Å². The highest BCUT2D eigenvalue weighted by Crippen LogP contribution is 2.35. The lowest BCUT2D eigenvalue weighted by Gasteiger charge is -2.22. The van der Waals surface area contributed by atoms with E-state index >= 15 is 0 Å². The van der Waals surface area contributed by atoms with E-state index in [1.807, 2.05) is 48.7 Å². The lowest BCUT2D eigenvalue weighted by molar-refractivity contribution is -0.132. The molecule has 32 heavy (non-hydrogen) atoms. The van der Waals surface area contributed by atoms with Crippen molar-refractivity contribution < 1.29 is 14.3 Å². The Morgan fingerprint density at radius 1 is 1.25 bits per heavy atom. The fourth-order valence-corrected chi connectivity index (χ4v) is 5.07. The van der Waals surface area contributed by atoms with Crippen LogP contribution in [0.4, 0.5) is 0 Å². The van der Waals surface area contributed by atoms with Gasteiger partial charge in [-0.1, -0.05) is 60.4 Å². The zero-order valence-corrected chi connectivity index (χ0v) is 19.4. The van der Waals surface area contributed by atoms with E-state index in [0.717, 1.165) is 22.0 Å². The van der Waals surface area contributed by atoms with Crippen LogP contribution < -0.4 is 10.1 Å². The molecule has 1 atom stereocenters. The van der Waals surface area contributed by atoms with Gasteiger partial charge in [-0.3, -0.25) is 14.5 Å². The van der Waals surface area contributed by atoms with Crippen LogP contribution in [-0.2, 0) is 16.0 Å². The van der Waals surface area contributed by atoms with E-state index in [0.29, 0.717) is 27.9 Å². The van der Waals surface area contributed by atoms with Crippen molar-refractivity contribution in [3.8, 4) is 5.75 Å². The first-order valence-electron chi connectivity index (χ1n) is 10.2. The second-order valence-corrected chi connectivity index (χ2v) is 9.05. The molecule has 2 N–H and O–H groups in total. The Kier molecular flexibility index (Phi) is 6.62. The van der Waals surface area contributed by atoms with Gasteiger partial charge in [0.2, 0.25) is 5.91 Å². The summed E-state index contributed by atoms with van der Waals surface area (Å²) < 4.78 is 5.72. The third-order valence-corrected chi connectivity index (χ3v) is 6.71. The minimum atomic E-state index is -0.700. The predicted octanol–water partition coefficient (Wildman–Crippen LogP) is 4.13. The molecule has 3 aromatic rings. The largest absolute Gasteiger partial charge is 0.496 e. The molecule has 0 bridgehead atoms. The van der Waals surface area contributed by atoms with Gasteiger partial charge in [-0.15, -0.1) is 0 Å². The molecular formula is C24H23N3O3S2. The number of ether oxygens (including phenoxy) is 1. The number of amides is 2. The highest BCUT2D eigenvalue weighted by molar-refractivity contribution is 8.26. The summed E-state index contributed by atoms with van der Waals surface area (Å²) in [6.07, 6.45) is 4.40. The number of aromatic nitrogens is 1. The minimum Gasteiger partial charge on any atom is -0.496 e. The number of fused-ring (bicyclic) bond motifs is 1. The fraction of sp³-hybridized carbons (Fsp3) is 0.208. The van der Waals surface area contributed by atoms with Crippen LogP contribution in [0, 0.1) is 0 Å². The summed E-state index contributed by atoms with van der Waals surface area (Å²) >= 11 is 6.60. The number of benzene rings is 2. The van der Waals surface area contributed by atoms with E-state index in [9.17, 15) is 9.59 Å². The third kappa shape index (κ3) is 4.42. The van der Waals surface area contributed by atoms with Gasteiger partial charge in [0.1, 0.15) is 16.1 Å². The summed E-state index contributed by atoms with van der Waals surface area (Å²) in [7, 11) is 1.58. The maximum atomic E-state index is 13.0. The normalized spacial score (nSPS) is 16.1. The summed E-state index contributed by atoms with van der Waals surface area (Å²) in [5.41, 5.74) is 2.99. The van der Waals surface area contributed by atoms with E-state index in [4.69, 9.17) is 17.0 Å². The summed E-state index contributed by atoms with van der Waals surface area (Å²) in [4.78, 5) is 30.8. The van der Waals surface area contributed by atoms with E-state index in [-0.39, 0.29) is 11.8 Å². The molecule has 0 radical (unpaired) electrons. The van der Waals surface area contributed by atoms with Crippen molar-refractivity contribution in [1.29, 1.82) is 0 Å². The van der Waals surface area contributed by atoms with Gasteiger partial charge >= 0.3 is 0 Å². The standard InChI is InChI=1S/C24H23N3O3S2/c1-15(22(28)25-12-11-17-14-26-19-9-5-4-8-18(17)19)27-23(29)21(32-24(27)31)13-16-7-3-6-10-20(16)30-2/h3-10,13-15,26H,11-12H2,1-2H3,(H,25,28)/b21-13-/t15-/m1/s1. The summed E-state index contributed by atoms with van der Waals surface area (Å²) in [5.74, 6) is 0.158. The molecule has 1 aliphatic rings. The Hall–Kier alpha value is -3.10. The second kappa shape index (κ2) is 9.58. The number of carbonyl (C=O) groups excluding carboxylic acids is 2.